The molecule has 1 rings (SSSR count). The Morgan fingerprint density at radius 1 is 1.12 bits per heavy atom. The molecule has 1 aromatic rings. The molecule has 0 aliphatic carbocycles. The molecule has 5 nitrogen and oxygen atoms in total. The van der Waals surface area contributed by atoms with Crippen molar-refractivity contribution in [2.45, 2.75) is 39.3 Å². The maximum atomic E-state index is 5.22. The van der Waals surface area contributed by atoms with Crippen LogP contribution in [0.3, 0.4) is 0 Å². The van der Waals surface area contributed by atoms with Gasteiger partial charge >= 0.3 is 0 Å². The third kappa shape index (κ3) is 3.56. The number of aromatic nitrogens is 2. The van der Waals surface area contributed by atoms with Gasteiger partial charge in [0.2, 0.25) is 11.8 Å². The van der Waals surface area contributed by atoms with E-state index in [1.165, 1.54) is 6.33 Å². The standard InChI is InChI=1S/C12H21N3O2/c1-5-9(6-2)13-7-10-11(16-3)14-8-15-12(10)17-4/h8-9,13H,5-7H2,1-4H3. The molecule has 5 heteroatoms. The third-order valence-electron chi connectivity index (χ3n) is 2.81. The average molecular weight is 239 g/mol. The van der Waals surface area contributed by atoms with Crippen LogP contribution in [0.25, 0.3) is 0 Å². The topological polar surface area (TPSA) is 56.3 Å². The van der Waals surface area contributed by atoms with E-state index in [0.717, 1.165) is 18.4 Å². The summed E-state index contributed by atoms with van der Waals surface area (Å²) in [4.78, 5) is 8.16. The SMILES string of the molecule is CCC(CC)NCc1c(OC)ncnc1OC. The number of methoxy groups -OCH3 is 2. The summed E-state index contributed by atoms with van der Waals surface area (Å²) >= 11 is 0. The van der Waals surface area contributed by atoms with E-state index in [-0.39, 0.29) is 0 Å². The lowest BCUT2D eigenvalue weighted by molar-refractivity contribution is 0.355. The van der Waals surface area contributed by atoms with E-state index in [9.17, 15) is 0 Å². The Labute approximate surface area is 103 Å². The van der Waals surface area contributed by atoms with Crippen LogP contribution in [0.4, 0.5) is 0 Å². The first-order valence-electron chi connectivity index (χ1n) is 5.91. The minimum Gasteiger partial charge on any atom is -0.481 e. The second-order valence-electron chi connectivity index (χ2n) is 3.77. The fourth-order valence-corrected chi connectivity index (χ4v) is 1.71. The van der Waals surface area contributed by atoms with Gasteiger partial charge in [-0.1, -0.05) is 13.8 Å². The number of nitrogens with zero attached hydrogens (tertiary/aromatic N) is 2. The molecule has 96 valence electrons. The first-order valence-corrected chi connectivity index (χ1v) is 5.91. The summed E-state index contributed by atoms with van der Waals surface area (Å²) in [5.41, 5.74) is 0.865. The maximum Gasteiger partial charge on any atom is 0.224 e. The number of hydrogen-bond acceptors (Lipinski definition) is 5. The molecule has 0 atom stereocenters. The van der Waals surface area contributed by atoms with Crippen molar-refractivity contribution < 1.29 is 9.47 Å². The number of rotatable bonds is 7. The van der Waals surface area contributed by atoms with Crippen molar-refractivity contribution in [3.05, 3.63) is 11.9 Å². The highest BCUT2D eigenvalue weighted by molar-refractivity contribution is 5.34. The van der Waals surface area contributed by atoms with Crippen molar-refractivity contribution in [3.63, 3.8) is 0 Å². The van der Waals surface area contributed by atoms with Gasteiger partial charge < -0.3 is 14.8 Å². The van der Waals surface area contributed by atoms with E-state index in [0.29, 0.717) is 24.3 Å². The molecule has 0 unspecified atom stereocenters. The maximum absolute atomic E-state index is 5.22. The molecular formula is C12H21N3O2. The van der Waals surface area contributed by atoms with Crippen LogP contribution in [0.5, 0.6) is 11.8 Å². The number of hydrogen-bond donors (Lipinski definition) is 1. The lowest BCUT2D eigenvalue weighted by atomic mass is 10.1. The fourth-order valence-electron chi connectivity index (χ4n) is 1.71. The third-order valence-corrected chi connectivity index (χ3v) is 2.81. The Hall–Kier alpha value is -1.36. The smallest absolute Gasteiger partial charge is 0.224 e. The molecule has 1 aromatic heterocycles. The van der Waals surface area contributed by atoms with Crippen molar-refractivity contribution in [1.29, 1.82) is 0 Å². The first-order chi connectivity index (χ1) is 8.26. The molecule has 1 N–H and O–H groups in total. The van der Waals surface area contributed by atoms with Crippen LogP contribution in [-0.4, -0.2) is 30.2 Å². The summed E-state index contributed by atoms with van der Waals surface area (Å²) in [7, 11) is 3.20. The molecule has 0 fully saturated rings. The molecule has 0 spiro atoms. The molecule has 17 heavy (non-hydrogen) atoms. The van der Waals surface area contributed by atoms with Gasteiger partial charge in [-0.25, -0.2) is 9.97 Å². The summed E-state index contributed by atoms with van der Waals surface area (Å²) < 4.78 is 10.4. The molecule has 0 saturated heterocycles. The zero-order valence-corrected chi connectivity index (χ0v) is 11.0. The predicted octanol–water partition coefficient (Wildman–Crippen LogP) is 1.77. The zero-order chi connectivity index (χ0) is 12.7. The fraction of sp³-hybridized carbons (Fsp3) is 0.667. The van der Waals surface area contributed by atoms with E-state index in [1.807, 2.05) is 0 Å². The summed E-state index contributed by atoms with van der Waals surface area (Å²) in [6, 6.07) is 0.490. The molecular weight excluding hydrogens is 218 g/mol. The highest BCUT2D eigenvalue weighted by atomic mass is 16.5. The molecule has 0 radical (unpaired) electrons. The highest BCUT2D eigenvalue weighted by Gasteiger charge is 2.13. The normalized spacial score (nSPS) is 10.6. The van der Waals surface area contributed by atoms with E-state index < -0.39 is 0 Å². The predicted molar refractivity (Wildman–Crippen MR) is 66.3 cm³/mol. The molecule has 0 amide bonds. The largest absolute Gasteiger partial charge is 0.481 e. The van der Waals surface area contributed by atoms with Crippen LogP contribution in [0.15, 0.2) is 6.33 Å². The molecule has 1 heterocycles. The monoisotopic (exact) mass is 239 g/mol. The van der Waals surface area contributed by atoms with Crippen molar-refractivity contribution in [2.24, 2.45) is 0 Å². The molecule has 0 aliphatic rings. The van der Waals surface area contributed by atoms with Gasteiger partial charge in [-0.3, -0.25) is 0 Å². The van der Waals surface area contributed by atoms with Crippen LogP contribution < -0.4 is 14.8 Å². The number of nitrogens with one attached hydrogen (secondary N) is 1. The Kier molecular flexibility index (Phi) is 5.69. The summed E-state index contributed by atoms with van der Waals surface area (Å²) in [5, 5.41) is 3.44. The van der Waals surface area contributed by atoms with Crippen LogP contribution in [0.1, 0.15) is 32.3 Å². The van der Waals surface area contributed by atoms with E-state index >= 15 is 0 Å². The van der Waals surface area contributed by atoms with Gasteiger partial charge in [0.25, 0.3) is 0 Å². The molecule has 0 aromatic carbocycles. The van der Waals surface area contributed by atoms with Gasteiger partial charge in [-0.2, -0.15) is 0 Å². The molecule has 0 aliphatic heterocycles. The van der Waals surface area contributed by atoms with Gasteiger partial charge in [-0.15, -0.1) is 0 Å². The lowest BCUT2D eigenvalue weighted by Crippen LogP contribution is -2.27. The summed E-state index contributed by atoms with van der Waals surface area (Å²) in [6.45, 7) is 4.98. The zero-order valence-electron chi connectivity index (χ0n) is 11.0. The molecule has 0 bridgehead atoms. The van der Waals surface area contributed by atoms with Gasteiger partial charge in [-0.05, 0) is 12.8 Å². The van der Waals surface area contributed by atoms with Gasteiger partial charge in [0.1, 0.15) is 6.33 Å². The minimum absolute atomic E-state index is 0.490. The Balaban J connectivity index is 2.80. The van der Waals surface area contributed by atoms with Gasteiger partial charge in [0, 0.05) is 12.6 Å². The van der Waals surface area contributed by atoms with Crippen LogP contribution in [0, 0.1) is 0 Å². The second-order valence-corrected chi connectivity index (χ2v) is 3.77. The van der Waals surface area contributed by atoms with E-state index in [1.54, 1.807) is 14.2 Å². The Bertz CT molecular complexity index is 318. The molecule has 0 saturated carbocycles. The van der Waals surface area contributed by atoms with Gasteiger partial charge in [0.15, 0.2) is 0 Å². The van der Waals surface area contributed by atoms with Gasteiger partial charge in [0.05, 0.1) is 19.8 Å². The summed E-state index contributed by atoms with van der Waals surface area (Å²) in [6.07, 6.45) is 3.63. The summed E-state index contributed by atoms with van der Waals surface area (Å²) in [5.74, 6) is 1.13. The quantitative estimate of drug-likeness (QED) is 0.786. The van der Waals surface area contributed by atoms with E-state index in [4.69, 9.17) is 9.47 Å². The lowest BCUT2D eigenvalue weighted by Gasteiger charge is -2.16. The van der Waals surface area contributed by atoms with Crippen molar-refractivity contribution in [2.75, 3.05) is 14.2 Å². The average Bonchev–Trinajstić information content (AvgIpc) is 2.39. The van der Waals surface area contributed by atoms with Crippen molar-refractivity contribution in [1.82, 2.24) is 15.3 Å². The Morgan fingerprint density at radius 3 is 2.06 bits per heavy atom. The highest BCUT2D eigenvalue weighted by Crippen LogP contribution is 2.23. The van der Waals surface area contributed by atoms with Crippen molar-refractivity contribution >= 4 is 0 Å². The Morgan fingerprint density at radius 2 is 1.65 bits per heavy atom. The van der Waals surface area contributed by atoms with Crippen LogP contribution in [0.2, 0.25) is 0 Å². The van der Waals surface area contributed by atoms with Crippen LogP contribution in [-0.2, 0) is 6.54 Å². The first kappa shape index (κ1) is 13.7. The minimum atomic E-state index is 0.490. The van der Waals surface area contributed by atoms with Crippen molar-refractivity contribution in [3.8, 4) is 11.8 Å². The van der Waals surface area contributed by atoms with E-state index in [2.05, 4.69) is 29.1 Å². The van der Waals surface area contributed by atoms with Crippen LogP contribution >= 0.6 is 0 Å². The second kappa shape index (κ2) is 7.06. The number of ether oxygens (including phenoxy) is 2.